The number of cyclic esters (lactones) is 1. The molecule has 0 radical (unpaired) electrons. The standard InChI is InChI=1S/C26H33N5O3/c1-4-18-14-17(3)19-9-10-21-23(16-19)30(24(5-2)28-21)11-7-13-34-26(33)22-8-6-12-31(29-22)25(32)20(27)15-18/h4,9-10,14,16,20,22,29H,1,3,5-8,11-13,15,27H2,2H3/b18-14+/t20-,22-/m0/s1. The SMILES string of the molecule is C=C/C1=C\C(=C)c2ccc3nc(CC)n(c3c2)CCCOC(=O)[C@@H]2CCCN(N2)C(=O)[C@@H](N)C1. The summed E-state index contributed by atoms with van der Waals surface area (Å²) in [7, 11) is 0. The lowest BCUT2D eigenvalue weighted by molar-refractivity contribution is -0.152. The number of aryl methyl sites for hydroxylation is 2. The van der Waals surface area contributed by atoms with Crippen molar-refractivity contribution >= 4 is 28.5 Å². The second-order valence-electron chi connectivity index (χ2n) is 8.83. The molecule has 2 aliphatic heterocycles. The fourth-order valence-electron chi connectivity index (χ4n) is 4.55. The summed E-state index contributed by atoms with van der Waals surface area (Å²) in [5.74, 6) is 0.396. The maximum Gasteiger partial charge on any atom is 0.324 e. The largest absolute Gasteiger partial charge is 0.464 e. The van der Waals surface area contributed by atoms with E-state index in [1.807, 2.05) is 18.2 Å². The molecule has 1 aromatic heterocycles. The van der Waals surface area contributed by atoms with Gasteiger partial charge in [-0.1, -0.05) is 38.3 Å². The molecule has 8 heteroatoms. The first-order valence-electron chi connectivity index (χ1n) is 11.9. The molecular formula is C26H33N5O3. The summed E-state index contributed by atoms with van der Waals surface area (Å²) < 4.78 is 7.74. The molecule has 34 heavy (non-hydrogen) atoms. The van der Waals surface area contributed by atoms with Gasteiger partial charge in [0.25, 0.3) is 5.91 Å². The third kappa shape index (κ3) is 4.98. The molecule has 1 fully saturated rings. The Balaban J connectivity index is 1.70. The number of carbonyl (C=O) groups is 2. The number of ether oxygens (including phenoxy) is 1. The quantitative estimate of drug-likeness (QED) is 0.664. The highest BCUT2D eigenvalue weighted by atomic mass is 16.5. The predicted octanol–water partition coefficient (Wildman–Crippen LogP) is 2.88. The minimum atomic E-state index is -0.769. The van der Waals surface area contributed by atoms with Gasteiger partial charge in [-0.25, -0.2) is 10.4 Å². The lowest BCUT2D eigenvalue weighted by Crippen LogP contribution is -2.58. The summed E-state index contributed by atoms with van der Waals surface area (Å²) in [6.45, 7) is 11.7. The minimum absolute atomic E-state index is 0.255. The van der Waals surface area contributed by atoms with Gasteiger partial charge in [-0.15, -0.1) is 0 Å². The molecule has 4 bridgehead atoms. The number of hydrogen-bond acceptors (Lipinski definition) is 6. The zero-order chi connectivity index (χ0) is 24.2. The summed E-state index contributed by atoms with van der Waals surface area (Å²) in [5, 5.41) is 1.46. The molecule has 2 aromatic rings. The average Bonchev–Trinajstić information content (AvgIpc) is 3.21. The number of nitrogens with two attached hydrogens (primary N) is 1. The number of fused-ring (bicyclic) bond motifs is 3. The average molecular weight is 464 g/mol. The van der Waals surface area contributed by atoms with Crippen LogP contribution in [0.25, 0.3) is 16.6 Å². The van der Waals surface area contributed by atoms with Crippen molar-refractivity contribution < 1.29 is 14.3 Å². The summed E-state index contributed by atoms with van der Waals surface area (Å²) in [6, 6.07) is 4.76. The first-order valence-corrected chi connectivity index (χ1v) is 11.9. The molecule has 4 rings (SSSR count). The molecule has 0 aliphatic carbocycles. The summed E-state index contributed by atoms with van der Waals surface area (Å²) in [4.78, 5) is 30.4. The van der Waals surface area contributed by atoms with Gasteiger partial charge in [0, 0.05) is 19.5 Å². The van der Waals surface area contributed by atoms with E-state index >= 15 is 0 Å². The molecule has 180 valence electrons. The lowest BCUT2D eigenvalue weighted by atomic mass is 9.99. The Kier molecular flexibility index (Phi) is 7.29. The molecule has 3 N–H and O–H groups in total. The van der Waals surface area contributed by atoms with Gasteiger partial charge in [0.1, 0.15) is 11.9 Å². The van der Waals surface area contributed by atoms with E-state index in [4.69, 9.17) is 15.5 Å². The van der Waals surface area contributed by atoms with Crippen molar-refractivity contribution in [1.29, 1.82) is 0 Å². The van der Waals surface area contributed by atoms with E-state index in [1.165, 1.54) is 5.01 Å². The number of hydrogen-bond donors (Lipinski definition) is 2. The van der Waals surface area contributed by atoms with Gasteiger partial charge >= 0.3 is 5.97 Å². The van der Waals surface area contributed by atoms with Crippen LogP contribution in [0.1, 0.15) is 44.0 Å². The monoisotopic (exact) mass is 463 g/mol. The number of allylic oxidation sites excluding steroid dienone is 3. The van der Waals surface area contributed by atoms with Crippen molar-refractivity contribution in [1.82, 2.24) is 20.0 Å². The lowest BCUT2D eigenvalue weighted by Gasteiger charge is -2.34. The van der Waals surface area contributed by atoms with Crippen molar-refractivity contribution in [3.05, 3.63) is 60.5 Å². The minimum Gasteiger partial charge on any atom is -0.464 e. The Morgan fingerprint density at radius 2 is 2.12 bits per heavy atom. The van der Waals surface area contributed by atoms with Crippen LogP contribution < -0.4 is 11.2 Å². The smallest absolute Gasteiger partial charge is 0.324 e. The molecular weight excluding hydrogens is 430 g/mol. The van der Waals surface area contributed by atoms with E-state index in [0.29, 0.717) is 45.4 Å². The van der Waals surface area contributed by atoms with Crippen molar-refractivity contribution in [2.24, 2.45) is 5.73 Å². The van der Waals surface area contributed by atoms with Crippen LogP contribution in [-0.2, 0) is 27.3 Å². The third-order valence-electron chi connectivity index (χ3n) is 6.42. The Bertz CT molecular complexity index is 1150. The van der Waals surface area contributed by atoms with E-state index in [-0.39, 0.29) is 11.9 Å². The number of esters is 1. The van der Waals surface area contributed by atoms with E-state index in [0.717, 1.165) is 40.0 Å². The van der Waals surface area contributed by atoms with Gasteiger partial charge in [-0.3, -0.25) is 14.6 Å². The highest BCUT2D eigenvalue weighted by molar-refractivity contribution is 5.85. The first kappa shape index (κ1) is 23.9. The number of nitrogens with zero attached hydrogens (tertiary/aromatic N) is 3. The number of nitrogens with one attached hydrogen (secondary N) is 1. The zero-order valence-electron chi connectivity index (χ0n) is 19.8. The van der Waals surface area contributed by atoms with Crippen LogP contribution in [0, 0.1) is 0 Å². The molecule has 0 unspecified atom stereocenters. The van der Waals surface area contributed by atoms with Crippen molar-refractivity contribution in [3.63, 3.8) is 0 Å². The zero-order valence-corrected chi connectivity index (χ0v) is 19.8. The predicted molar refractivity (Wildman–Crippen MR) is 132 cm³/mol. The van der Waals surface area contributed by atoms with Crippen molar-refractivity contribution in [3.8, 4) is 0 Å². The highest BCUT2D eigenvalue weighted by Gasteiger charge is 2.31. The second-order valence-corrected chi connectivity index (χ2v) is 8.83. The van der Waals surface area contributed by atoms with Crippen molar-refractivity contribution in [2.45, 2.75) is 57.7 Å². The molecule has 1 amide bonds. The van der Waals surface area contributed by atoms with Crippen LogP contribution in [-0.4, -0.2) is 51.7 Å². The maximum atomic E-state index is 13.0. The van der Waals surface area contributed by atoms with Gasteiger partial charge in [0.15, 0.2) is 0 Å². The molecule has 1 aromatic carbocycles. The molecule has 3 heterocycles. The number of amides is 1. The Hall–Kier alpha value is -3.23. The summed E-state index contributed by atoms with van der Waals surface area (Å²) in [5.41, 5.74) is 13.8. The van der Waals surface area contributed by atoms with E-state index in [9.17, 15) is 9.59 Å². The summed E-state index contributed by atoms with van der Waals surface area (Å²) >= 11 is 0. The third-order valence-corrected chi connectivity index (χ3v) is 6.42. The first-order chi connectivity index (χ1) is 16.4. The van der Waals surface area contributed by atoms with Gasteiger partial charge in [-0.05, 0) is 54.5 Å². The van der Waals surface area contributed by atoms with E-state index in [1.54, 1.807) is 6.08 Å². The van der Waals surface area contributed by atoms with Gasteiger partial charge in [-0.2, -0.15) is 0 Å². The highest BCUT2D eigenvalue weighted by Crippen LogP contribution is 2.25. The number of benzene rings is 1. The van der Waals surface area contributed by atoms with E-state index < -0.39 is 12.1 Å². The Labute approximate surface area is 200 Å². The van der Waals surface area contributed by atoms with E-state index in [2.05, 4.69) is 36.1 Å². The van der Waals surface area contributed by atoms with Crippen LogP contribution in [0.15, 0.2) is 49.1 Å². The molecule has 2 aliphatic rings. The number of imidazole rings is 1. The number of rotatable bonds is 2. The van der Waals surface area contributed by atoms with Crippen molar-refractivity contribution in [2.75, 3.05) is 13.2 Å². The second kappa shape index (κ2) is 10.4. The molecule has 0 spiro atoms. The molecule has 8 nitrogen and oxygen atoms in total. The fraction of sp³-hybridized carbons (Fsp3) is 0.423. The van der Waals surface area contributed by atoms with Crippen LogP contribution in [0.5, 0.6) is 0 Å². The van der Waals surface area contributed by atoms with Crippen LogP contribution >= 0.6 is 0 Å². The Morgan fingerprint density at radius 1 is 1.29 bits per heavy atom. The van der Waals surface area contributed by atoms with Crippen LogP contribution in [0.4, 0.5) is 0 Å². The fourth-order valence-corrected chi connectivity index (χ4v) is 4.55. The normalized spacial score (nSPS) is 24.4. The number of carbonyl (C=O) groups excluding carboxylic acids is 2. The van der Waals surface area contributed by atoms with Crippen LogP contribution in [0.3, 0.4) is 0 Å². The van der Waals surface area contributed by atoms with Gasteiger partial charge < -0.3 is 15.0 Å². The maximum absolute atomic E-state index is 13.0. The molecule has 0 saturated carbocycles. The van der Waals surface area contributed by atoms with Crippen LogP contribution in [0.2, 0.25) is 0 Å². The Morgan fingerprint density at radius 3 is 2.88 bits per heavy atom. The van der Waals surface area contributed by atoms with Gasteiger partial charge in [0.05, 0.1) is 23.7 Å². The van der Waals surface area contributed by atoms with Gasteiger partial charge in [0.2, 0.25) is 0 Å². The number of hydrazine groups is 1. The molecule has 1 saturated heterocycles. The number of aromatic nitrogens is 2. The molecule has 2 atom stereocenters. The summed E-state index contributed by atoms with van der Waals surface area (Å²) in [6.07, 6.45) is 6.73. The topological polar surface area (TPSA) is 102 Å².